The van der Waals surface area contributed by atoms with Gasteiger partial charge in [0.15, 0.2) is 0 Å². The summed E-state index contributed by atoms with van der Waals surface area (Å²) in [7, 11) is 0. The number of hydrogen-bond acceptors (Lipinski definition) is 3. The number of rotatable bonds is 1. The fraction of sp³-hybridized carbons (Fsp3) is 0.471. The van der Waals surface area contributed by atoms with Gasteiger partial charge < -0.3 is 5.73 Å². The van der Waals surface area contributed by atoms with E-state index >= 15 is 0 Å². The van der Waals surface area contributed by atoms with Crippen LogP contribution in [0.5, 0.6) is 0 Å². The molecule has 2 aromatic rings. The van der Waals surface area contributed by atoms with Crippen LogP contribution in [0.1, 0.15) is 49.0 Å². The molecule has 0 spiro atoms. The van der Waals surface area contributed by atoms with Crippen LogP contribution in [0.4, 0.5) is 0 Å². The summed E-state index contributed by atoms with van der Waals surface area (Å²) < 4.78 is 1.15. The van der Waals surface area contributed by atoms with E-state index in [0.717, 1.165) is 34.4 Å². The SMILES string of the molecule is CC(C)(C)c1csc(C2(N)CCc3cc(Br)ccc3C2)n1. The Morgan fingerprint density at radius 1 is 1.29 bits per heavy atom. The molecule has 4 heteroatoms. The van der Waals surface area contributed by atoms with Gasteiger partial charge in [-0.15, -0.1) is 11.3 Å². The minimum absolute atomic E-state index is 0.0859. The number of aryl methyl sites for hydroxylation is 1. The highest BCUT2D eigenvalue weighted by Crippen LogP contribution is 2.38. The van der Waals surface area contributed by atoms with E-state index in [1.165, 1.54) is 11.1 Å². The zero-order valence-corrected chi connectivity index (χ0v) is 15.1. The Kier molecular flexibility index (Phi) is 3.75. The quantitative estimate of drug-likeness (QED) is 0.806. The zero-order valence-electron chi connectivity index (χ0n) is 12.7. The summed E-state index contributed by atoms with van der Waals surface area (Å²) in [6.07, 6.45) is 2.87. The highest BCUT2D eigenvalue weighted by molar-refractivity contribution is 9.10. The molecule has 1 heterocycles. The maximum Gasteiger partial charge on any atom is 0.113 e. The van der Waals surface area contributed by atoms with E-state index in [4.69, 9.17) is 10.7 Å². The lowest BCUT2D eigenvalue weighted by atomic mass is 9.79. The van der Waals surface area contributed by atoms with Crippen LogP contribution in [0.3, 0.4) is 0 Å². The molecule has 0 fully saturated rings. The van der Waals surface area contributed by atoms with E-state index in [0.29, 0.717) is 0 Å². The summed E-state index contributed by atoms with van der Waals surface area (Å²) in [5.74, 6) is 0. The molecule has 0 bridgehead atoms. The van der Waals surface area contributed by atoms with Crippen molar-refractivity contribution in [3.8, 4) is 0 Å². The van der Waals surface area contributed by atoms with Crippen molar-refractivity contribution in [2.75, 3.05) is 0 Å². The van der Waals surface area contributed by atoms with Crippen LogP contribution < -0.4 is 5.73 Å². The number of nitrogens with two attached hydrogens (primary N) is 1. The second-order valence-electron chi connectivity index (χ2n) is 7.03. The molecule has 0 saturated carbocycles. The van der Waals surface area contributed by atoms with E-state index in [-0.39, 0.29) is 11.0 Å². The largest absolute Gasteiger partial charge is 0.319 e. The van der Waals surface area contributed by atoms with Crippen molar-refractivity contribution in [1.82, 2.24) is 4.98 Å². The van der Waals surface area contributed by atoms with Gasteiger partial charge in [0, 0.05) is 15.3 Å². The summed E-state index contributed by atoms with van der Waals surface area (Å²) in [6, 6.07) is 6.52. The highest BCUT2D eigenvalue weighted by Gasteiger charge is 2.35. The van der Waals surface area contributed by atoms with E-state index in [1.807, 2.05) is 0 Å². The lowest BCUT2D eigenvalue weighted by Crippen LogP contribution is -2.42. The van der Waals surface area contributed by atoms with Crippen molar-refractivity contribution in [3.05, 3.63) is 49.9 Å². The third-order valence-corrected chi connectivity index (χ3v) is 5.77. The summed E-state index contributed by atoms with van der Waals surface area (Å²) in [6.45, 7) is 6.59. The Balaban J connectivity index is 1.92. The fourth-order valence-electron chi connectivity index (χ4n) is 2.82. The smallest absolute Gasteiger partial charge is 0.113 e. The van der Waals surface area contributed by atoms with Crippen molar-refractivity contribution < 1.29 is 0 Å². The normalized spacial score (nSPS) is 22.1. The number of thiazole rings is 1. The molecule has 1 aromatic heterocycles. The molecule has 0 saturated heterocycles. The highest BCUT2D eigenvalue weighted by atomic mass is 79.9. The number of aromatic nitrogens is 1. The Labute approximate surface area is 138 Å². The minimum atomic E-state index is -0.311. The van der Waals surface area contributed by atoms with Crippen molar-refractivity contribution in [2.24, 2.45) is 5.73 Å². The van der Waals surface area contributed by atoms with Crippen LogP contribution >= 0.6 is 27.3 Å². The van der Waals surface area contributed by atoms with E-state index in [2.05, 4.69) is 60.3 Å². The van der Waals surface area contributed by atoms with Gasteiger partial charge in [-0.3, -0.25) is 0 Å². The summed E-state index contributed by atoms with van der Waals surface area (Å²) in [4.78, 5) is 4.85. The van der Waals surface area contributed by atoms with Gasteiger partial charge in [0.25, 0.3) is 0 Å². The molecule has 2 N–H and O–H groups in total. The Morgan fingerprint density at radius 3 is 2.71 bits per heavy atom. The van der Waals surface area contributed by atoms with Crippen LogP contribution in [0.25, 0.3) is 0 Å². The van der Waals surface area contributed by atoms with Crippen molar-refractivity contribution in [1.29, 1.82) is 0 Å². The van der Waals surface area contributed by atoms with Gasteiger partial charge in [0.05, 0.1) is 11.2 Å². The Hall–Kier alpha value is -0.710. The molecule has 0 amide bonds. The van der Waals surface area contributed by atoms with E-state index in [1.54, 1.807) is 11.3 Å². The summed E-state index contributed by atoms with van der Waals surface area (Å²) in [5, 5.41) is 3.25. The molecule has 3 rings (SSSR count). The maximum absolute atomic E-state index is 6.73. The van der Waals surface area contributed by atoms with Gasteiger partial charge in [0.1, 0.15) is 5.01 Å². The first kappa shape index (κ1) is 15.2. The first-order valence-corrected chi connectivity index (χ1v) is 8.98. The minimum Gasteiger partial charge on any atom is -0.319 e. The monoisotopic (exact) mass is 364 g/mol. The molecule has 0 radical (unpaired) electrons. The van der Waals surface area contributed by atoms with Gasteiger partial charge in [-0.25, -0.2) is 4.98 Å². The zero-order chi connectivity index (χ0) is 15.3. The number of halogens is 1. The van der Waals surface area contributed by atoms with Gasteiger partial charge in [0.2, 0.25) is 0 Å². The molecule has 2 nitrogen and oxygen atoms in total. The third-order valence-electron chi connectivity index (χ3n) is 4.21. The van der Waals surface area contributed by atoms with Gasteiger partial charge in [-0.05, 0) is 42.5 Å². The van der Waals surface area contributed by atoms with Crippen molar-refractivity contribution in [2.45, 2.75) is 51.0 Å². The number of benzene rings is 1. The van der Waals surface area contributed by atoms with Crippen molar-refractivity contribution >= 4 is 27.3 Å². The second-order valence-corrected chi connectivity index (χ2v) is 8.81. The van der Waals surface area contributed by atoms with Crippen LogP contribution in [0.2, 0.25) is 0 Å². The van der Waals surface area contributed by atoms with Gasteiger partial charge >= 0.3 is 0 Å². The first-order valence-electron chi connectivity index (χ1n) is 7.31. The topological polar surface area (TPSA) is 38.9 Å². The van der Waals surface area contributed by atoms with Crippen molar-refractivity contribution in [3.63, 3.8) is 0 Å². The Bertz CT molecular complexity index is 672. The molecule has 21 heavy (non-hydrogen) atoms. The van der Waals surface area contributed by atoms with Crippen LogP contribution in [-0.4, -0.2) is 4.98 Å². The summed E-state index contributed by atoms with van der Waals surface area (Å²) >= 11 is 5.26. The lowest BCUT2D eigenvalue weighted by molar-refractivity contribution is 0.381. The first-order chi connectivity index (χ1) is 9.78. The predicted molar refractivity (Wildman–Crippen MR) is 92.8 cm³/mol. The average Bonchev–Trinajstić information content (AvgIpc) is 2.89. The van der Waals surface area contributed by atoms with Crippen LogP contribution in [-0.2, 0) is 23.8 Å². The maximum atomic E-state index is 6.73. The Morgan fingerprint density at radius 2 is 2.05 bits per heavy atom. The van der Waals surface area contributed by atoms with Gasteiger partial charge in [-0.1, -0.05) is 42.8 Å². The van der Waals surface area contributed by atoms with Crippen LogP contribution in [0.15, 0.2) is 28.1 Å². The number of hydrogen-bond donors (Lipinski definition) is 1. The predicted octanol–water partition coefficient (Wildman–Crippen LogP) is 4.55. The third kappa shape index (κ3) is 2.94. The van der Waals surface area contributed by atoms with Crippen LogP contribution in [0, 0.1) is 0 Å². The lowest BCUT2D eigenvalue weighted by Gasteiger charge is -2.33. The standard InChI is InChI=1S/C17H21BrN2S/c1-16(2,3)14-10-21-15(20-14)17(19)7-6-11-8-13(18)5-4-12(11)9-17/h4-5,8,10H,6-7,9,19H2,1-3H3. The molecule has 1 aliphatic rings. The molecule has 1 atom stereocenters. The number of nitrogens with zero attached hydrogens (tertiary/aromatic N) is 1. The number of fused-ring (bicyclic) bond motifs is 1. The molecule has 0 aliphatic heterocycles. The summed E-state index contributed by atoms with van der Waals surface area (Å²) in [5.41, 5.74) is 10.4. The molecule has 1 aromatic carbocycles. The van der Waals surface area contributed by atoms with E-state index in [9.17, 15) is 0 Å². The van der Waals surface area contributed by atoms with E-state index < -0.39 is 0 Å². The molecule has 112 valence electrons. The molecule has 1 unspecified atom stereocenters. The second kappa shape index (κ2) is 5.18. The average molecular weight is 365 g/mol. The van der Waals surface area contributed by atoms with Gasteiger partial charge in [-0.2, -0.15) is 0 Å². The molecular weight excluding hydrogens is 344 g/mol. The molecular formula is C17H21BrN2S. The fourth-order valence-corrected chi connectivity index (χ4v) is 4.41. The molecule has 1 aliphatic carbocycles.